The quantitative estimate of drug-likeness (QED) is 0.893. The number of phenolic OH excluding ortho intramolecular Hbond substituents is 1. The highest BCUT2D eigenvalue weighted by molar-refractivity contribution is 9.10. The molecule has 1 atom stereocenters. The Kier molecular flexibility index (Phi) is 3.93. The molecule has 0 aromatic heterocycles. The molecule has 0 aliphatic heterocycles. The summed E-state index contributed by atoms with van der Waals surface area (Å²) in [5.74, 6) is -1.15. The lowest BCUT2D eigenvalue weighted by atomic mass is 10.00. The Hall–Kier alpha value is -0.810. The van der Waals surface area contributed by atoms with E-state index >= 15 is 0 Å². The average molecular weight is 279 g/mol. The number of aliphatic hydroxyl groups excluding tert-OH is 1. The molecule has 0 fully saturated rings. The van der Waals surface area contributed by atoms with Crippen molar-refractivity contribution in [3.05, 3.63) is 21.9 Å². The second-order valence-electron chi connectivity index (χ2n) is 3.22. The van der Waals surface area contributed by atoms with Crippen LogP contribution in [0.4, 0.5) is 4.39 Å². The van der Waals surface area contributed by atoms with Crippen LogP contribution in [0.25, 0.3) is 0 Å². The molecule has 0 spiro atoms. The van der Waals surface area contributed by atoms with Gasteiger partial charge in [-0.3, -0.25) is 0 Å². The van der Waals surface area contributed by atoms with Crippen molar-refractivity contribution >= 4 is 15.9 Å². The van der Waals surface area contributed by atoms with Gasteiger partial charge in [-0.1, -0.05) is 6.92 Å². The number of ether oxygens (including phenoxy) is 1. The maximum atomic E-state index is 13.5. The van der Waals surface area contributed by atoms with E-state index in [0.29, 0.717) is 4.47 Å². The minimum Gasteiger partial charge on any atom is -0.504 e. The van der Waals surface area contributed by atoms with Gasteiger partial charge in [-0.2, -0.15) is 0 Å². The second kappa shape index (κ2) is 4.81. The van der Waals surface area contributed by atoms with Gasteiger partial charge in [0.05, 0.1) is 11.6 Å². The van der Waals surface area contributed by atoms with Gasteiger partial charge in [-0.05, 0) is 22.0 Å². The number of halogens is 2. The molecule has 0 bridgehead atoms. The largest absolute Gasteiger partial charge is 0.504 e. The summed E-state index contributed by atoms with van der Waals surface area (Å²) in [7, 11) is 1.38. The van der Waals surface area contributed by atoms with Crippen LogP contribution in [0.15, 0.2) is 10.5 Å². The molecule has 1 aromatic rings. The molecule has 1 rings (SSSR count). The monoisotopic (exact) mass is 278 g/mol. The summed E-state index contributed by atoms with van der Waals surface area (Å²) in [5.41, 5.74) is 0.0672. The SMILES string of the molecule is COc1c(Br)cc(F)c(C(C)CO)c1O. The number of phenols is 1. The Balaban J connectivity index is 3.38. The Bertz CT molecular complexity index is 368. The van der Waals surface area contributed by atoms with Crippen molar-refractivity contribution < 1.29 is 19.3 Å². The van der Waals surface area contributed by atoms with Crippen LogP contribution in [-0.2, 0) is 0 Å². The summed E-state index contributed by atoms with van der Waals surface area (Å²) in [6, 6.07) is 1.21. The van der Waals surface area contributed by atoms with Crippen LogP contribution < -0.4 is 4.74 Å². The molecular weight excluding hydrogens is 267 g/mol. The zero-order valence-corrected chi connectivity index (χ0v) is 10.0. The molecule has 0 radical (unpaired) electrons. The molecule has 0 amide bonds. The van der Waals surface area contributed by atoms with E-state index in [9.17, 15) is 9.50 Å². The number of hydrogen-bond donors (Lipinski definition) is 2. The van der Waals surface area contributed by atoms with Crippen molar-refractivity contribution in [2.75, 3.05) is 13.7 Å². The maximum absolute atomic E-state index is 13.5. The number of benzene rings is 1. The van der Waals surface area contributed by atoms with Gasteiger partial charge in [-0.15, -0.1) is 0 Å². The third kappa shape index (κ3) is 2.23. The average Bonchev–Trinajstić information content (AvgIpc) is 2.17. The molecule has 0 saturated heterocycles. The van der Waals surface area contributed by atoms with E-state index in [1.807, 2.05) is 0 Å². The van der Waals surface area contributed by atoms with Gasteiger partial charge >= 0.3 is 0 Å². The summed E-state index contributed by atoms with van der Waals surface area (Å²) < 4.78 is 18.8. The van der Waals surface area contributed by atoms with Gasteiger partial charge in [0.25, 0.3) is 0 Å². The topological polar surface area (TPSA) is 49.7 Å². The fourth-order valence-electron chi connectivity index (χ4n) is 1.36. The number of hydrogen-bond acceptors (Lipinski definition) is 3. The summed E-state index contributed by atoms with van der Waals surface area (Å²) in [4.78, 5) is 0. The van der Waals surface area contributed by atoms with Crippen LogP contribution in [0, 0.1) is 5.82 Å². The highest BCUT2D eigenvalue weighted by Crippen LogP contribution is 2.41. The molecule has 0 saturated carbocycles. The molecule has 3 nitrogen and oxygen atoms in total. The van der Waals surface area contributed by atoms with E-state index in [-0.39, 0.29) is 23.7 Å². The molecule has 0 heterocycles. The molecule has 5 heteroatoms. The first kappa shape index (κ1) is 12.3. The van der Waals surface area contributed by atoms with Gasteiger partial charge in [0.2, 0.25) is 0 Å². The lowest BCUT2D eigenvalue weighted by molar-refractivity contribution is 0.265. The molecule has 0 aliphatic carbocycles. The molecular formula is C10H12BrFO3. The molecule has 0 aliphatic rings. The van der Waals surface area contributed by atoms with E-state index in [1.165, 1.54) is 13.2 Å². The first-order chi connectivity index (χ1) is 7.02. The predicted molar refractivity (Wildman–Crippen MR) is 57.8 cm³/mol. The third-order valence-electron chi connectivity index (χ3n) is 2.17. The minimum absolute atomic E-state index is 0.0672. The summed E-state index contributed by atoms with van der Waals surface area (Å²) in [6.45, 7) is 1.38. The highest BCUT2D eigenvalue weighted by atomic mass is 79.9. The van der Waals surface area contributed by atoms with Crippen molar-refractivity contribution in [1.29, 1.82) is 0 Å². The van der Waals surface area contributed by atoms with E-state index in [0.717, 1.165) is 0 Å². The Labute approximate surface area is 95.6 Å². The number of rotatable bonds is 3. The van der Waals surface area contributed by atoms with E-state index in [4.69, 9.17) is 9.84 Å². The number of aliphatic hydroxyl groups is 1. The summed E-state index contributed by atoms with van der Waals surface area (Å²) in [5, 5.41) is 18.7. The van der Waals surface area contributed by atoms with E-state index < -0.39 is 11.7 Å². The summed E-state index contributed by atoms with van der Waals surface area (Å²) in [6.07, 6.45) is 0. The predicted octanol–water partition coefficient (Wildman–Crippen LogP) is 2.40. The number of aromatic hydroxyl groups is 1. The Morgan fingerprint density at radius 2 is 2.20 bits per heavy atom. The van der Waals surface area contributed by atoms with Crippen molar-refractivity contribution in [3.8, 4) is 11.5 Å². The Morgan fingerprint density at radius 3 is 2.67 bits per heavy atom. The van der Waals surface area contributed by atoms with Crippen molar-refractivity contribution in [2.45, 2.75) is 12.8 Å². The first-order valence-corrected chi connectivity index (χ1v) is 5.17. The Morgan fingerprint density at radius 1 is 1.60 bits per heavy atom. The van der Waals surface area contributed by atoms with E-state index in [2.05, 4.69) is 15.9 Å². The fraction of sp³-hybridized carbons (Fsp3) is 0.400. The van der Waals surface area contributed by atoms with Gasteiger partial charge in [0.15, 0.2) is 11.5 Å². The van der Waals surface area contributed by atoms with Crippen LogP contribution in [-0.4, -0.2) is 23.9 Å². The first-order valence-electron chi connectivity index (χ1n) is 4.38. The smallest absolute Gasteiger partial charge is 0.175 e. The van der Waals surface area contributed by atoms with Crippen LogP contribution in [0.5, 0.6) is 11.5 Å². The van der Waals surface area contributed by atoms with Crippen LogP contribution in [0.3, 0.4) is 0 Å². The lowest BCUT2D eigenvalue weighted by Gasteiger charge is -2.15. The van der Waals surface area contributed by atoms with Crippen molar-refractivity contribution in [3.63, 3.8) is 0 Å². The van der Waals surface area contributed by atoms with Crippen LogP contribution >= 0.6 is 15.9 Å². The van der Waals surface area contributed by atoms with Gasteiger partial charge in [-0.25, -0.2) is 4.39 Å². The number of methoxy groups -OCH3 is 1. The third-order valence-corrected chi connectivity index (χ3v) is 2.76. The van der Waals surface area contributed by atoms with Gasteiger partial charge in [0, 0.05) is 18.1 Å². The van der Waals surface area contributed by atoms with E-state index in [1.54, 1.807) is 6.92 Å². The summed E-state index contributed by atoms with van der Waals surface area (Å²) >= 11 is 3.08. The molecule has 1 aromatic carbocycles. The lowest BCUT2D eigenvalue weighted by Crippen LogP contribution is -2.04. The fourth-order valence-corrected chi connectivity index (χ4v) is 1.91. The van der Waals surface area contributed by atoms with Gasteiger partial charge in [0.1, 0.15) is 5.82 Å². The van der Waals surface area contributed by atoms with Crippen LogP contribution in [0.2, 0.25) is 0 Å². The second-order valence-corrected chi connectivity index (χ2v) is 4.07. The molecule has 2 N–H and O–H groups in total. The highest BCUT2D eigenvalue weighted by Gasteiger charge is 2.21. The normalized spacial score (nSPS) is 12.6. The van der Waals surface area contributed by atoms with Crippen LogP contribution in [0.1, 0.15) is 18.4 Å². The maximum Gasteiger partial charge on any atom is 0.175 e. The van der Waals surface area contributed by atoms with Crippen molar-refractivity contribution in [1.82, 2.24) is 0 Å². The minimum atomic E-state index is -0.568. The zero-order chi connectivity index (χ0) is 11.6. The van der Waals surface area contributed by atoms with Gasteiger partial charge < -0.3 is 14.9 Å². The zero-order valence-electron chi connectivity index (χ0n) is 8.42. The standard InChI is InChI=1S/C10H12BrFO3/c1-5(4-13)8-7(12)3-6(11)10(15-2)9(8)14/h3,5,13-14H,4H2,1-2H3. The molecule has 84 valence electrons. The molecule has 15 heavy (non-hydrogen) atoms. The molecule has 1 unspecified atom stereocenters. The van der Waals surface area contributed by atoms with Crippen molar-refractivity contribution in [2.24, 2.45) is 0 Å².